The van der Waals surface area contributed by atoms with Crippen LogP contribution in [0.2, 0.25) is 0 Å². The van der Waals surface area contributed by atoms with Gasteiger partial charge in [-0.2, -0.15) is 5.10 Å². The van der Waals surface area contributed by atoms with Gasteiger partial charge in [-0.15, -0.1) is 0 Å². The molecule has 114 valence electrons. The summed E-state index contributed by atoms with van der Waals surface area (Å²) < 4.78 is 7.17. The lowest BCUT2D eigenvalue weighted by atomic mass is 9.97. The quantitative estimate of drug-likeness (QED) is 0.867. The molecule has 3 heterocycles. The Morgan fingerprint density at radius 2 is 2.24 bits per heavy atom. The first-order chi connectivity index (χ1) is 10.2. The Bertz CT molecular complexity index is 607. The zero-order valence-electron chi connectivity index (χ0n) is 13.1. The van der Waals surface area contributed by atoms with Crippen molar-refractivity contribution in [1.29, 1.82) is 0 Å². The molecule has 5 nitrogen and oxygen atoms in total. The molecule has 1 saturated heterocycles. The van der Waals surface area contributed by atoms with Crippen LogP contribution in [0, 0.1) is 0 Å². The lowest BCUT2D eigenvalue weighted by Gasteiger charge is -2.38. The first kappa shape index (κ1) is 14.3. The molecule has 1 aliphatic heterocycles. The van der Waals surface area contributed by atoms with Gasteiger partial charge in [0.1, 0.15) is 0 Å². The number of piperidine rings is 1. The zero-order valence-corrected chi connectivity index (χ0v) is 13.1. The molecule has 2 aromatic heterocycles. The maximum Gasteiger partial charge on any atom is 0.198 e. The van der Waals surface area contributed by atoms with Crippen molar-refractivity contribution in [3.8, 4) is 5.75 Å². The molecule has 1 atom stereocenters. The van der Waals surface area contributed by atoms with E-state index in [1.165, 1.54) is 25.8 Å². The molecule has 21 heavy (non-hydrogen) atoms. The Hall–Kier alpha value is -1.62. The van der Waals surface area contributed by atoms with E-state index in [-0.39, 0.29) is 0 Å². The number of hydrogen-bond acceptors (Lipinski definition) is 4. The van der Waals surface area contributed by atoms with Gasteiger partial charge < -0.3 is 4.74 Å². The summed E-state index contributed by atoms with van der Waals surface area (Å²) in [7, 11) is 1.67. The van der Waals surface area contributed by atoms with Crippen molar-refractivity contribution in [3.05, 3.63) is 24.2 Å². The highest BCUT2D eigenvalue weighted by molar-refractivity contribution is 5.52. The summed E-state index contributed by atoms with van der Waals surface area (Å²) in [5.41, 5.74) is 0.807. The van der Waals surface area contributed by atoms with E-state index < -0.39 is 0 Å². The fraction of sp³-hybridized carbons (Fsp3) is 0.625. The molecule has 3 rings (SSSR count). The predicted octanol–water partition coefficient (Wildman–Crippen LogP) is 2.54. The summed E-state index contributed by atoms with van der Waals surface area (Å²) in [6.07, 6.45) is 6.70. The maximum absolute atomic E-state index is 5.36. The number of likely N-dealkylation sites (tertiary alicyclic amines) is 1. The third-order valence-corrected chi connectivity index (χ3v) is 4.34. The van der Waals surface area contributed by atoms with Crippen LogP contribution < -0.4 is 4.74 Å². The van der Waals surface area contributed by atoms with Gasteiger partial charge in [0.2, 0.25) is 0 Å². The van der Waals surface area contributed by atoms with Crippen molar-refractivity contribution in [1.82, 2.24) is 19.5 Å². The molecule has 0 saturated carbocycles. The molecule has 0 spiro atoms. The number of aromatic nitrogens is 3. The van der Waals surface area contributed by atoms with Crippen LogP contribution in [0.4, 0.5) is 0 Å². The van der Waals surface area contributed by atoms with E-state index >= 15 is 0 Å². The average molecular weight is 288 g/mol. The molecule has 0 bridgehead atoms. The number of rotatable bonds is 4. The van der Waals surface area contributed by atoms with Crippen molar-refractivity contribution in [3.63, 3.8) is 0 Å². The topological polar surface area (TPSA) is 42.7 Å². The SMILES string of the molecule is COc1cccn2nc(CC3CCCCN3C(C)C)nc12. The van der Waals surface area contributed by atoms with Crippen molar-refractivity contribution < 1.29 is 4.74 Å². The molecular weight excluding hydrogens is 264 g/mol. The first-order valence-corrected chi connectivity index (χ1v) is 7.83. The van der Waals surface area contributed by atoms with Gasteiger partial charge in [0, 0.05) is 24.7 Å². The molecule has 0 radical (unpaired) electrons. The summed E-state index contributed by atoms with van der Waals surface area (Å²) in [4.78, 5) is 7.26. The second-order valence-corrected chi connectivity index (χ2v) is 6.06. The predicted molar refractivity (Wildman–Crippen MR) is 82.7 cm³/mol. The molecule has 2 aromatic rings. The molecular formula is C16H24N4O. The normalized spacial score (nSPS) is 20.3. The number of ether oxygens (including phenoxy) is 1. The summed E-state index contributed by atoms with van der Waals surface area (Å²) in [6, 6.07) is 5.00. The molecule has 1 fully saturated rings. The highest BCUT2D eigenvalue weighted by atomic mass is 16.5. The molecule has 0 aliphatic carbocycles. The van der Waals surface area contributed by atoms with E-state index in [9.17, 15) is 0 Å². The number of methoxy groups -OCH3 is 1. The smallest absolute Gasteiger partial charge is 0.198 e. The van der Waals surface area contributed by atoms with E-state index in [0.717, 1.165) is 23.6 Å². The number of hydrogen-bond donors (Lipinski definition) is 0. The van der Waals surface area contributed by atoms with Gasteiger partial charge in [0.05, 0.1) is 7.11 Å². The van der Waals surface area contributed by atoms with Gasteiger partial charge in [-0.05, 0) is 45.4 Å². The Morgan fingerprint density at radius 1 is 1.38 bits per heavy atom. The van der Waals surface area contributed by atoms with Crippen LogP contribution in [0.25, 0.3) is 5.65 Å². The number of fused-ring (bicyclic) bond motifs is 1. The Kier molecular flexibility index (Phi) is 4.10. The average Bonchev–Trinajstić information content (AvgIpc) is 2.89. The van der Waals surface area contributed by atoms with Crippen LogP contribution in [0.15, 0.2) is 18.3 Å². The second kappa shape index (κ2) is 6.02. The first-order valence-electron chi connectivity index (χ1n) is 7.83. The summed E-state index contributed by atoms with van der Waals surface area (Å²) in [5, 5.41) is 4.61. The highest BCUT2D eigenvalue weighted by Crippen LogP contribution is 2.23. The van der Waals surface area contributed by atoms with Crippen LogP contribution >= 0.6 is 0 Å². The van der Waals surface area contributed by atoms with Gasteiger partial charge >= 0.3 is 0 Å². The molecule has 0 aromatic carbocycles. The Morgan fingerprint density at radius 3 is 3.00 bits per heavy atom. The Balaban J connectivity index is 1.83. The third-order valence-electron chi connectivity index (χ3n) is 4.34. The molecule has 0 N–H and O–H groups in total. The second-order valence-electron chi connectivity index (χ2n) is 6.06. The van der Waals surface area contributed by atoms with Crippen molar-refractivity contribution in [2.24, 2.45) is 0 Å². The minimum atomic E-state index is 0.558. The number of pyridine rings is 1. The minimum absolute atomic E-state index is 0.558. The van der Waals surface area contributed by atoms with E-state index in [2.05, 4.69) is 28.8 Å². The van der Waals surface area contributed by atoms with Crippen molar-refractivity contribution >= 4 is 5.65 Å². The van der Waals surface area contributed by atoms with E-state index in [4.69, 9.17) is 4.74 Å². The number of nitrogens with zero attached hydrogens (tertiary/aromatic N) is 4. The summed E-state index contributed by atoms with van der Waals surface area (Å²) in [6.45, 7) is 5.75. The lowest BCUT2D eigenvalue weighted by Crippen LogP contribution is -2.45. The molecule has 5 heteroatoms. The molecule has 1 aliphatic rings. The Labute approximate surface area is 125 Å². The molecule has 0 amide bonds. The van der Waals surface area contributed by atoms with Crippen LogP contribution in [-0.2, 0) is 6.42 Å². The van der Waals surface area contributed by atoms with E-state index in [1.54, 1.807) is 7.11 Å². The summed E-state index contributed by atoms with van der Waals surface area (Å²) >= 11 is 0. The van der Waals surface area contributed by atoms with Gasteiger partial charge in [0.25, 0.3) is 0 Å². The van der Waals surface area contributed by atoms with Crippen LogP contribution in [0.5, 0.6) is 5.75 Å². The largest absolute Gasteiger partial charge is 0.493 e. The lowest BCUT2D eigenvalue weighted by molar-refractivity contribution is 0.110. The van der Waals surface area contributed by atoms with Crippen molar-refractivity contribution in [2.45, 2.75) is 51.6 Å². The fourth-order valence-corrected chi connectivity index (χ4v) is 3.30. The van der Waals surface area contributed by atoms with Gasteiger partial charge in [-0.3, -0.25) is 4.90 Å². The van der Waals surface area contributed by atoms with Gasteiger partial charge in [-0.25, -0.2) is 9.50 Å². The van der Waals surface area contributed by atoms with Crippen LogP contribution in [-0.4, -0.2) is 45.2 Å². The van der Waals surface area contributed by atoms with Crippen LogP contribution in [0.1, 0.15) is 38.9 Å². The van der Waals surface area contributed by atoms with E-state index in [0.29, 0.717) is 12.1 Å². The maximum atomic E-state index is 5.36. The summed E-state index contributed by atoms with van der Waals surface area (Å²) in [5.74, 6) is 1.69. The van der Waals surface area contributed by atoms with Gasteiger partial charge in [-0.1, -0.05) is 6.42 Å². The van der Waals surface area contributed by atoms with Crippen LogP contribution in [0.3, 0.4) is 0 Å². The third kappa shape index (κ3) is 2.88. The minimum Gasteiger partial charge on any atom is -0.493 e. The van der Waals surface area contributed by atoms with Crippen molar-refractivity contribution in [2.75, 3.05) is 13.7 Å². The monoisotopic (exact) mass is 288 g/mol. The molecule has 1 unspecified atom stereocenters. The zero-order chi connectivity index (χ0) is 14.8. The van der Waals surface area contributed by atoms with Gasteiger partial charge in [0.15, 0.2) is 17.2 Å². The standard InChI is InChI=1S/C16H24N4O/c1-12(2)19-9-5-4-7-13(19)11-15-17-16-14(21-3)8-6-10-20(16)18-15/h6,8,10,12-13H,4-5,7,9,11H2,1-3H3. The van der Waals surface area contributed by atoms with E-state index in [1.807, 2.05) is 22.8 Å². The fourth-order valence-electron chi connectivity index (χ4n) is 3.30. The highest BCUT2D eigenvalue weighted by Gasteiger charge is 2.26.